The molecule has 2 aromatic rings. The minimum Gasteiger partial charge on any atom is -0.399 e. The zero-order chi connectivity index (χ0) is 14.7. The number of aromatic nitrogens is 2. The summed E-state index contributed by atoms with van der Waals surface area (Å²) in [6.45, 7) is 8.67. The van der Waals surface area contributed by atoms with Crippen molar-refractivity contribution in [2.24, 2.45) is 5.92 Å². The van der Waals surface area contributed by atoms with Crippen molar-refractivity contribution >= 4 is 5.69 Å². The summed E-state index contributed by atoms with van der Waals surface area (Å²) in [5.41, 5.74) is 8.43. The number of rotatable bonds is 5. The Bertz CT molecular complexity index is 578. The first-order valence-corrected chi connectivity index (χ1v) is 6.84. The summed E-state index contributed by atoms with van der Waals surface area (Å²) in [6.07, 6.45) is -0.146. The summed E-state index contributed by atoms with van der Waals surface area (Å²) in [6, 6.07) is 5.67. The van der Waals surface area contributed by atoms with E-state index in [1.165, 1.54) is 0 Å². The molecule has 2 rings (SSSR count). The highest BCUT2D eigenvalue weighted by atomic mass is 16.5. The fourth-order valence-corrected chi connectivity index (χ4v) is 2.02. The van der Waals surface area contributed by atoms with Crippen LogP contribution in [0.2, 0.25) is 0 Å². The zero-order valence-electron chi connectivity index (χ0n) is 12.4. The summed E-state index contributed by atoms with van der Waals surface area (Å²) < 4.78 is 11.0. The molecular formula is C15H21N3O2. The second-order valence-electron chi connectivity index (χ2n) is 5.15. The maximum atomic E-state index is 5.81. The van der Waals surface area contributed by atoms with Crippen LogP contribution < -0.4 is 5.73 Å². The molecule has 0 bridgehead atoms. The number of benzene rings is 1. The average Bonchev–Trinajstić information content (AvgIpc) is 2.88. The fraction of sp³-hybridized carbons (Fsp3) is 0.467. The fourth-order valence-electron chi connectivity index (χ4n) is 2.02. The number of aryl methyl sites for hydroxylation is 1. The standard InChI is InChI=1S/C15H21N3O2/c1-5-19-13(9(2)3)14-17-15(20-18-14)11-6-7-12(16)10(4)8-11/h6-9,13H,5,16H2,1-4H3. The Morgan fingerprint density at radius 2 is 2.10 bits per heavy atom. The van der Waals surface area contributed by atoms with Crippen LogP contribution in [0.3, 0.4) is 0 Å². The van der Waals surface area contributed by atoms with Crippen molar-refractivity contribution in [3.05, 3.63) is 29.6 Å². The Labute approximate surface area is 119 Å². The van der Waals surface area contributed by atoms with E-state index in [9.17, 15) is 0 Å². The first kappa shape index (κ1) is 14.5. The molecule has 0 aliphatic rings. The van der Waals surface area contributed by atoms with Gasteiger partial charge >= 0.3 is 0 Å². The van der Waals surface area contributed by atoms with Gasteiger partial charge in [-0.25, -0.2) is 0 Å². The molecule has 0 amide bonds. The SMILES string of the molecule is CCOC(c1noc(-c2ccc(N)c(C)c2)n1)C(C)C. The molecule has 1 aromatic carbocycles. The van der Waals surface area contributed by atoms with Crippen LogP contribution in [-0.4, -0.2) is 16.7 Å². The molecule has 108 valence electrons. The van der Waals surface area contributed by atoms with Crippen molar-refractivity contribution in [2.45, 2.75) is 33.8 Å². The van der Waals surface area contributed by atoms with Crippen molar-refractivity contribution in [1.29, 1.82) is 0 Å². The molecule has 0 spiro atoms. The highest BCUT2D eigenvalue weighted by Crippen LogP contribution is 2.27. The van der Waals surface area contributed by atoms with Crippen LogP contribution in [0.1, 0.15) is 38.3 Å². The van der Waals surface area contributed by atoms with E-state index in [1.807, 2.05) is 32.0 Å². The Hall–Kier alpha value is -1.88. The van der Waals surface area contributed by atoms with Crippen LogP contribution in [0, 0.1) is 12.8 Å². The number of hydrogen-bond donors (Lipinski definition) is 1. The van der Waals surface area contributed by atoms with Crippen LogP contribution in [0.5, 0.6) is 0 Å². The molecule has 0 aliphatic heterocycles. The number of nitrogens with two attached hydrogens (primary N) is 1. The van der Waals surface area contributed by atoms with E-state index in [2.05, 4.69) is 24.0 Å². The van der Waals surface area contributed by atoms with E-state index in [0.717, 1.165) is 16.8 Å². The van der Waals surface area contributed by atoms with Crippen molar-refractivity contribution in [3.8, 4) is 11.5 Å². The van der Waals surface area contributed by atoms with Crippen molar-refractivity contribution in [3.63, 3.8) is 0 Å². The van der Waals surface area contributed by atoms with Crippen LogP contribution in [0.4, 0.5) is 5.69 Å². The van der Waals surface area contributed by atoms with Gasteiger partial charge in [0.1, 0.15) is 6.10 Å². The highest BCUT2D eigenvalue weighted by Gasteiger charge is 2.22. The topological polar surface area (TPSA) is 74.2 Å². The minimum absolute atomic E-state index is 0.146. The smallest absolute Gasteiger partial charge is 0.258 e. The van der Waals surface area contributed by atoms with E-state index < -0.39 is 0 Å². The van der Waals surface area contributed by atoms with Crippen LogP contribution in [0.15, 0.2) is 22.7 Å². The molecule has 0 radical (unpaired) electrons. The van der Waals surface area contributed by atoms with Crippen molar-refractivity contribution < 1.29 is 9.26 Å². The summed E-state index contributed by atoms with van der Waals surface area (Å²) >= 11 is 0. The van der Waals surface area contributed by atoms with Gasteiger partial charge in [-0.2, -0.15) is 4.98 Å². The Kier molecular flexibility index (Phi) is 4.39. The quantitative estimate of drug-likeness (QED) is 0.847. The highest BCUT2D eigenvalue weighted by molar-refractivity contribution is 5.60. The van der Waals surface area contributed by atoms with E-state index in [-0.39, 0.29) is 12.0 Å². The lowest BCUT2D eigenvalue weighted by atomic mass is 10.1. The lowest BCUT2D eigenvalue weighted by Gasteiger charge is -2.16. The number of nitrogens with zero attached hydrogens (tertiary/aromatic N) is 2. The number of ether oxygens (including phenoxy) is 1. The summed E-state index contributed by atoms with van der Waals surface area (Å²) in [5, 5.41) is 4.04. The number of nitrogen functional groups attached to an aromatic ring is 1. The third kappa shape index (κ3) is 2.99. The number of hydrogen-bond acceptors (Lipinski definition) is 5. The Balaban J connectivity index is 2.29. The molecule has 1 aromatic heterocycles. The van der Waals surface area contributed by atoms with Crippen molar-refractivity contribution in [2.75, 3.05) is 12.3 Å². The van der Waals surface area contributed by atoms with Crippen LogP contribution in [-0.2, 0) is 4.74 Å². The van der Waals surface area contributed by atoms with E-state index >= 15 is 0 Å². The molecule has 0 aliphatic carbocycles. The summed E-state index contributed by atoms with van der Waals surface area (Å²) in [5.74, 6) is 1.37. The third-order valence-electron chi connectivity index (χ3n) is 3.16. The molecule has 0 saturated heterocycles. The molecule has 1 unspecified atom stereocenters. The van der Waals surface area contributed by atoms with E-state index in [4.69, 9.17) is 15.0 Å². The first-order chi connectivity index (χ1) is 9.52. The zero-order valence-corrected chi connectivity index (χ0v) is 12.4. The largest absolute Gasteiger partial charge is 0.399 e. The molecule has 5 nitrogen and oxygen atoms in total. The summed E-state index contributed by atoms with van der Waals surface area (Å²) in [4.78, 5) is 4.45. The third-order valence-corrected chi connectivity index (χ3v) is 3.16. The molecular weight excluding hydrogens is 254 g/mol. The van der Waals surface area contributed by atoms with Gasteiger partial charge in [-0.1, -0.05) is 19.0 Å². The van der Waals surface area contributed by atoms with Crippen LogP contribution >= 0.6 is 0 Å². The molecule has 0 saturated carbocycles. The molecule has 0 fully saturated rings. The van der Waals surface area contributed by atoms with Gasteiger partial charge in [0, 0.05) is 17.9 Å². The van der Waals surface area contributed by atoms with Crippen LogP contribution in [0.25, 0.3) is 11.5 Å². The maximum absolute atomic E-state index is 5.81. The van der Waals surface area contributed by atoms with Gasteiger partial charge in [0.05, 0.1) is 0 Å². The maximum Gasteiger partial charge on any atom is 0.258 e. The van der Waals surface area contributed by atoms with E-state index in [0.29, 0.717) is 18.3 Å². The van der Waals surface area contributed by atoms with Gasteiger partial charge in [-0.15, -0.1) is 0 Å². The molecule has 5 heteroatoms. The second kappa shape index (κ2) is 6.05. The van der Waals surface area contributed by atoms with Gasteiger partial charge in [0.2, 0.25) is 5.82 Å². The lowest BCUT2D eigenvalue weighted by molar-refractivity contribution is 0.0217. The predicted octanol–water partition coefficient (Wildman–Crippen LogP) is 3.36. The van der Waals surface area contributed by atoms with E-state index in [1.54, 1.807) is 0 Å². The second-order valence-corrected chi connectivity index (χ2v) is 5.15. The Morgan fingerprint density at radius 3 is 2.70 bits per heavy atom. The van der Waals surface area contributed by atoms with Gasteiger partial charge in [0.25, 0.3) is 5.89 Å². The minimum atomic E-state index is -0.146. The average molecular weight is 275 g/mol. The molecule has 20 heavy (non-hydrogen) atoms. The van der Waals surface area contributed by atoms with Gasteiger partial charge in [-0.05, 0) is 43.5 Å². The van der Waals surface area contributed by atoms with Crippen molar-refractivity contribution in [1.82, 2.24) is 10.1 Å². The molecule has 1 heterocycles. The lowest BCUT2D eigenvalue weighted by Crippen LogP contribution is -2.12. The summed E-state index contributed by atoms with van der Waals surface area (Å²) in [7, 11) is 0. The molecule has 1 atom stereocenters. The Morgan fingerprint density at radius 1 is 1.35 bits per heavy atom. The van der Waals surface area contributed by atoms with Gasteiger partial charge < -0.3 is 15.0 Å². The van der Waals surface area contributed by atoms with Gasteiger partial charge in [0.15, 0.2) is 0 Å². The monoisotopic (exact) mass is 275 g/mol. The predicted molar refractivity (Wildman–Crippen MR) is 78.1 cm³/mol. The normalized spacial score (nSPS) is 12.8. The number of anilines is 1. The van der Waals surface area contributed by atoms with Gasteiger partial charge in [-0.3, -0.25) is 0 Å². The first-order valence-electron chi connectivity index (χ1n) is 6.84. The molecule has 2 N–H and O–H groups in total.